The summed E-state index contributed by atoms with van der Waals surface area (Å²) in [5, 5.41) is 10.6. The molecule has 0 radical (unpaired) electrons. The Morgan fingerprint density at radius 1 is 1.35 bits per heavy atom. The second-order valence-corrected chi connectivity index (χ2v) is 3.27. The average Bonchev–Trinajstić information content (AvgIpc) is 2.32. The zero-order valence-electron chi connectivity index (χ0n) is 8.74. The Bertz CT molecular complexity index is 557. The highest BCUT2D eigenvalue weighted by Gasteiger charge is 2.08. The molecule has 0 amide bonds. The van der Waals surface area contributed by atoms with Gasteiger partial charge in [0.05, 0.1) is 22.9 Å². The van der Waals surface area contributed by atoms with E-state index in [1.54, 1.807) is 18.2 Å². The van der Waals surface area contributed by atoms with Gasteiger partial charge in [0.2, 0.25) is 0 Å². The van der Waals surface area contributed by atoms with Crippen molar-refractivity contribution in [3.05, 3.63) is 52.8 Å². The quantitative estimate of drug-likeness (QED) is 0.646. The molecule has 2 aromatic rings. The third kappa shape index (κ3) is 2.49. The molecule has 0 bridgehead atoms. The Morgan fingerprint density at radius 2 is 2.18 bits per heavy atom. The van der Waals surface area contributed by atoms with Crippen molar-refractivity contribution >= 4 is 11.4 Å². The van der Waals surface area contributed by atoms with Gasteiger partial charge in [-0.05, 0) is 6.07 Å². The van der Waals surface area contributed by atoms with Crippen molar-refractivity contribution in [2.75, 3.05) is 5.73 Å². The fourth-order valence-electron chi connectivity index (χ4n) is 1.27. The Kier molecular flexibility index (Phi) is 2.87. The Labute approximate surface area is 96.8 Å². The molecule has 86 valence electrons. The normalized spacial score (nSPS) is 9.88. The number of aromatic nitrogens is 1. The van der Waals surface area contributed by atoms with Crippen molar-refractivity contribution in [3.63, 3.8) is 0 Å². The van der Waals surface area contributed by atoms with Crippen molar-refractivity contribution in [2.24, 2.45) is 0 Å². The maximum absolute atomic E-state index is 10.6. The van der Waals surface area contributed by atoms with Crippen LogP contribution >= 0.6 is 0 Å². The molecule has 1 aromatic heterocycles. The predicted octanol–water partition coefficient (Wildman–Crippen LogP) is 2.36. The lowest BCUT2D eigenvalue weighted by atomic mass is 10.3. The lowest BCUT2D eigenvalue weighted by molar-refractivity contribution is -0.384. The van der Waals surface area contributed by atoms with Crippen molar-refractivity contribution < 1.29 is 9.66 Å². The Morgan fingerprint density at radius 3 is 2.88 bits per heavy atom. The second kappa shape index (κ2) is 4.48. The lowest BCUT2D eigenvalue weighted by Crippen LogP contribution is -1.93. The monoisotopic (exact) mass is 231 g/mol. The summed E-state index contributed by atoms with van der Waals surface area (Å²) in [4.78, 5) is 13.9. The molecule has 1 heterocycles. The lowest BCUT2D eigenvalue weighted by Gasteiger charge is -2.06. The van der Waals surface area contributed by atoms with Crippen LogP contribution in [0, 0.1) is 10.1 Å². The van der Waals surface area contributed by atoms with Gasteiger partial charge in [-0.25, -0.2) is 0 Å². The van der Waals surface area contributed by atoms with Gasteiger partial charge in [0.15, 0.2) is 5.75 Å². The summed E-state index contributed by atoms with van der Waals surface area (Å²) in [6.45, 7) is 0. The smallest absolute Gasteiger partial charge is 0.273 e. The highest BCUT2D eigenvalue weighted by atomic mass is 16.6. The van der Waals surface area contributed by atoms with Crippen LogP contribution in [-0.2, 0) is 0 Å². The van der Waals surface area contributed by atoms with Gasteiger partial charge >= 0.3 is 0 Å². The molecule has 0 unspecified atom stereocenters. The van der Waals surface area contributed by atoms with E-state index in [1.807, 2.05) is 0 Å². The number of nitrogens with two attached hydrogens (primary N) is 1. The molecular weight excluding hydrogens is 222 g/mol. The zero-order valence-corrected chi connectivity index (χ0v) is 8.74. The van der Waals surface area contributed by atoms with E-state index in [2.05, 4.69) is 4.98 Å². The van der Waals surface area contributed by atoms with Gasteiger partial charge in [0.25, 0.3) is 5.69 Å². The first kappa shape index (κ1) is 10.9. The van der Waals surface area contributed by atoms with Gasteiger partial charge in [-0.1, -0.05) is 6.07 Å². The van der Waals surface area contributed by atoms with Gasteiger partial charge < -0.3 is 10.5 Å². The summed E-state index contributed by atoms with van der Waals surface area (Å²) in [7, 11) is 0. The summed E-state index contributed by atoms with van der Waals surface area (Å²) < 4.78 is 5.43. The number of benzene rings is 1. The van der Waals surface area contributed by atoms with E-state index >= 15 is 0 Å². The number of pyridine rings is 1. The van der Waals surface area contributed by atoms with Crippen LogP contribution in [0.1, 0.15) is 0 Å². The fraction of sp³-hybridized carbons (Fsp3) is 0. The largest absolute Gasteiger partial charge is 0.455 e. The molecule has 17 heavy (non-hydrogen) atoms. The van der Waals surface area contributed by atoms with E-state index in [0.29, 0.717) is 17.2 Å². The molecule has 0 saturated carbocycles. The topological polar surface area (TPSA) is 91.3 Å². The summed E-state index contributed by atoms with van der Waals surface area (Å²) in [6.07, 6.45) is 2.98. The Hall–Kier alpha value is -2.63. The van der Waals surface area contributed by atoms with Gasteiger partial charge in [0.1, 0.15) is 5.75 Å². The van der Waals surface area contributed by atoms with E-state index in [0.717, 1.165) is 0 Å². The number of nitrogens with zero attached hydrogens (tertiary/aromatic N) is 2. The van der Waals surface area contributed by atoms with Crippen LogP contribution in [0.15, 0.2) is 42.7 Å². The van der Waals surface area contributed by atoms with Crippen LogP contribution in [0.4, 0.5) is 11.4 Å². The first-order valence-corrected chi connectivity index (χ1v) is 4.78. The van der Waals surface area contributed by atoms with Crippen LogP contribution in [-0.4, -0.2) is 9.91 Å². The minimum Gasteiger partial charge on any atom is -0.455 e. The van der Waals surface area contributed by atoms with Gasteiger partial charge in [-0.2, -0.15) is 0 Å². The molecule has 6 heteroatoms. The van der Waals surface area contributed by atoms with Crippen LogP contribution < -0.4 is 10.5 Å². The number of nitro groups is 1. The third-order valence-electron chi connectivity index (χ3n) is 2.07. The highest BCUT2D eigenvalue weighted by Crippen LogP contribution is 2.28. The maximum Gasteiger partial charge on any atom is 0.273 e. The predicted molar refractivity (Wildman–Crippen MR) is 61.8 cm³/mol. The fourth-order valence-corrected chi connectivity index (χ4v) is 1.27. The number of non-ortho nitro benzene ring substituents is 1. The van der Waals surface area contributed by atoms with Gasteiger partial charge in [0, 0.05) is 18.3 Å². The van der Waals surface area contributed by atoms with Gasteiger partial charge in [-0.15, -0.1) is 0 Å². The van der Waals surface area contributed by atoms with Crippen molar-refractivity contribution in [1.82, 2.24) is 4.98 Å². The number of hydrogen-bond donors (Lipinski definition) is 1. The molecule has 0 saturated heterocycles. The summed E-state index contributed by atoms with van der Waals surface area (Å²) >= 11 is 0. The summed E-state index contributed by atoms with van der Waals surface area (Å²) in [5.74, 6) is 0.776. The number of nitro benzene ring substituents is 1. The van der Waals surface area contributed by atoms with Crippen molar-refractivity contribution in [1.29, 1.82) is 0 Å². The first-order chi connectivity index (χ1) is 8.16. The molecule has 0 atom stereocenters. The molecule has 6 nitrogen and oxygen atoms in total. The number of ether oxygens (including phenoxy) is 1. The minimum absolute atomic E-state index is 0.0323. The van der Waals surface area contributed by atoms with Crippen molar-refractivity contribution in [2.45, 2.75) is 0 Å². The SMILES string of the molecule is Nc1cnccc1Oc1cccc([N+](=O)[O-])c1. The minimum atomic E-state index is -0.483. The molecule has 0 aliphatic rings. The first-order valence-electron chi connectivity index (χ1n) is 4.78. The molecule has 0 spiro atoms. The van der Waals surface area contributed by atoms with Crippen molar-refractivity contribution in [3.8, 4) is 11.5 Å². The number of nitrogen functional groups attached to an aromatic ring is 1. The third-order valence-corrected chi connectivity index (χ3v) is 2.07. The molecule has 1 aromatic carbocycles. The molecule has 2 rings (SSSR count). The number of anilines is 1. The molecule has 0 aliphatic carbocycles. The van der Waals surface area contributed by atoms with E-state index in [1.165, 1.54) is 24.5 Å². The average molecular weight is 231 g/mol. The van der Waals surface area contributed by atoms with Crippen LogP contribution in [0.5, 0.6) is 11.5 Å². The molecule has 0 aliphatic heterocycles. The van der Waals surface area contributed by atoms with E-state index in [-0.39, 0.29) is 5.69 Å². The van der Waals surface area contributed by atoms with Crippen LogP contribution in [0.25, 0.3) is 0 Å². The number of rotatable bonds is 3. The summed E-state index contributed by atoms with van der Waals surface area (Å²) in [6, 6.07) is 7.48. The molecule has 0 fully saturated rings. The van der Waals surface area contributed by atoms with E-state index in [4.69, 9.17) is 10.5 Å². The molecular formula is C11H9N3O3. The van der Waals surface area contributed by atoms with E-state index < -0.39 is 4.92 Å². The Balaban J connectivity index is 2.28. The summed E-state index contributed by atoms with van der Waals surface area (Å²) in [5.41, 5.74) is 5.99. The van der Waals surface area contributed by atoms with E-state index in [9.17, 15) is 10.1 Å². The van der Waals surface area contributed by atoms with Gasteiger partial charge in [-0.3, -0.25) is 15.1 Å². The second-order valence-electron chi connectivity index (χ2n) is 3.27. The maximum atomic E-state index is 10.6. The number of hydrogen-bond acceptors (Lipinski definition) is 5. The standard InChI is InChI=1S/C11H9N3O3/c12-10-7-13-5-4-11(10)17-9-3-1-2-8(6-9)14(15)16/h1-7H,12H2. The van der Waals surface area contributed by atoms with Crippen LogP contribution in [0.2, 0.25) is 0 Å². The zero-order chi connectivity index (χ0) is 12.3. The van der Waals surface area contributed by atoms with Crippen LogP contribution in [0.3, 0.4) is 0 Å². The highest BCUT2D eigenvalue weighted by molar-refractivity contribution is 5.52. The molecule has 2 N–H and O–H groups in total.